The Kier molecular flexibility index (Phi) is 3.79. The van der Waals surface area contributed by atoms with Crippen molar-refractivity contribution in [2.75, 3.05) is 19.0 Å². The van der Waals surface area contributed by atoms with Crippen molar-refractivity contribution in [1.29, 1.82) is 0 Å². The van der Waals surface area contributed by atoms with Gasteiger partial charge in [0.1, 0.15) is 5.58 Å². The lowest BCUT2D eigenvalue weighted by Crippen LogP contribution is -2.07. The van der Waals surface area contributed by atoms with Gasteiger partial charge < -0.3 is 9.32 Å². The summed E-state index contributed by atoms with van der Waals surface area (Å²) in [6, 6.07) is 17.3. The molecule has 3 aromatic rings. The van der Waals surface area contributed by atoms with E-state index in [1.54, 1.807) is 6.07 Å². The molecular weight excluding hydrogens is 274 g/mol. The lowest BCUT2D eigenvalue weighted by molar-refractivity contribution is 0.560. The number of benzene rings is 2. The highest BCUT2D eigenvalue weighted by Gasteiger charge is 2.02. The first-order chi connectivity index (χ1) is 10.6. The molecular formula is C19H17NO2. The van der Waals surface area contributed by atoms with E-state index in [1.807, 2.05) is 44.4 Å². The van der Waals surface area contributed by atoms with Crippen molar-refractivity contribution >= 4 is 28.8 Å². The Labute approximate surface area is 129 Å². The summed E-state index contributed by atoms with van der Waals surface area (Å²) in [5, 5.41) is 0.934. The van der Waals surface area contributed by atoms with Crippen LogP contribution in [0.2, 0.25) is 0 Å². The third kappa shape index (κ3) is 2.93. The maximum atomic E-state index is 11.6. The summed E-state index contributed by atoms with van der Waals surface area (Å²) in [4.78, 5) is 13.7. The molecule has 0 aliphatic heterocycles. The number of rotatable bonds is 3. The summed E-state index contributed by atoms with van der Waals surface area (Å²) >= 11 is 0. The third-order valence-corrected chi connectivity index (χ3v) is 3.55. The SMILES string of the molecule is CN(C)c1ccc(C=Cc2cc(=O)oc3ccccc23)cc1. The van der Waals surface area contributed by atoms with Crippen LogP contribution in [0.15, 0.2) is 63.8 Å². The van der Waals surface area contributed by atoms with Crippen molar-refractivity contribution in [2.45, 2.75) is 0 Å². The van der Waals surface area contributed by atoms with E-state index in [2.05, 4.69) is 29.2 Å². The van der Waals surface area contributed by atoms with Crippen LogP contribution < -0.4 is 10.5 Å². The predicted octanol–water partition coefficient (Wildman–Crippen LogP) is 4.03. The Balaban J connectivity index is 1.97. The topological polar surface area (TPSA) is 33.5 Å². The lowest BCUT2D eigenvalue weighted by atomic mass is 10.1. The summed E-state index contributed by atoms with van der Waals surface area (Å²) in [6.45, 7) is 0. The summed E-state index contributed by atoms with van der Waals surface area (Å²) in [7, 11) is 4.03. The molecule has 3 nitrogen and oxygen atoms in total. The number of fused-ring (bicyclic) bond motifs is 1. The summed E-state index contributed by atoms with van der Waals surface area (Å²) in [6.07, 6.45) is 3.95. The fourth-order valence-corrected chi connectivity index (χ4v) is 2.34. The molecule has 2 aromatic carbocycles. The molecule has 0 spiro atoms. The van der Waals surface area contributed by atoms with E-state index in [0.29, 0.717) is 5.58 Å². The minimum absolute atomic E-state index is 0.332. The van der Waals surface area contributed by atoms with Crippen LogP contribution in [0.1, 0.15) is 11.1 Å². The molecule has 0 N–H and O–H groups in total. The fraction of sp³-hybridized carbons (Fsp3) is 0.105. The van der Waals surface area contributed by atoms with Crippen molar-refractivity contribution in [3.8, 4) is 0 Å². The average Bonchev–Trinajstić information content (AvgIpc) is 2.52. The number of hydrogen-bond acceptors (Lipinski definition) is 3. The normalized spacial score (nSPS) is 11.2. The first kappa shape index (κ1) is 14.1. The highest BCUT2D eigenvalue weighted by molar-refractivity contribution is 5.89. The van der Waals surface area contributed by atoms with Gasteiger partial charge in [0, 0.05) is 31.2 Å². The van der Waals surface area contributed by atoms with Gasteiger partial charge in [0.25, 0.3) is 0 Å². The van der Waals surface area contributed by atoms with Crippen molar-refractivity contribution in [3.05, 3.63) is 76.1 Å². The van der Waals surface area contributed by atoms with Crippen molar-refractivity contribution in [1.82, 2.24) is 0 Å². The Morgan fingerprint density at radius 2 is 1.68 bits per heavy atom. The molecule has 0 fully saturated rings. The molecule has 3 rings (SSSR count). The summed E-state index contributed by atoms with van der Waals surface area (Å²) < 4.78 is 5.20. The number of anilines is 1. The Morgan fingerprint density at radius 3 is 2.41 bits per heavy atom. The molecule has 0 unspecified atom stereocenters. The largest absolute Gasteiger partial charge is 0.423 e. The lowest BCUT2D eigenvalue weighted by Gasteiger charge is -2.11. The van der Waals surface area contributed by atoms with E-state index in [4.69, 9.17) is 4.42 Å². The zero-order valence-corrected chi connectivity index (χ0v) is 12.6. The van der Waals surface area contributed by atoms with Crippen LogP contribution in [0, 0.1) is 0 Å². The van der Waals surface area contributed by atoms with E-state index in [9.17, 15) is 4.79 Å². The second-order valence-corrected chi connectivity index (χ2v) is 5.34. The number of para-hydroxylation sites is 1. The van der Waals surface area contributed by atoms with Gasteiger partial charge in [-0.1, -0.05) is 42.5 Å². The van der Waals surface area contributed by atoms with E-state index >= 15 is 0 Å². The molecule has 0 atom stereocenters. The second kappa shape index (κ2) is 5.90. The first-order valence-corrected chi connectivity index (χ1v) is 7.12. The van der Waals surface area contributed by atoms with Crippen LogP contribution in [0.3, 0.4) is 0 Å². The Bertz CT molecular complexity index is 874. The van der Waals surface area contributed by atoms with Crippen LogP contribution in [-0.2, 0) is 0 Å². The van der Waals surface area contributed by atoms with Crippen LogP contribution in [-0.4, -0.2) is 14.1 Å². The summed E-state index contributed by atoms with van der Waals surface area (Å²) in [5.74, 6) is 0. The van der Waals surface area contributed by atoms with E-state index in [1.165, 1.54) is 6.07 Å². The number of nitrogens with zero attached hydrogens (tertiary/aromatic N) is 1. The van der Waals surface area contributed by atoms with Gasteiger partial charge in [-0.05, 0) is 29.3 Å². The van der Waals surface area contributed by atoms with Crippen LogP contribution >= 0.6 is 0 Å². The van der Waals surface area contributed by atoms with Gasteiger partial charge in [-0.25, -0.2) is 4.79 Å². The molecule has 0 saturated heterocycles. The van der Waals surface area contributed by atoms with Gasteiger partial charge in [0.2, 0.25) is 0 Å². The van der Waals surface area contributed by atoms with Gasteiger partial charge in [-0.15, -0.1) is 0 Å². The molecule has 0 bridgehead atoms. The van der Waals surface area contributed by atoms with Crippen LogP contribution in [0.5, 0.6) is 0 Å². The summed E-state index contributed by atoms with van der Waals surface area (Å²) in [5.41, 5.74) is 3.38. The monoisotopic (exact) mass is 291 g/mol. The molecule has 110 valence electrons. The predicted molar refractivity (Wildman–Crippen MR) is 92.2 cm³/mol. The van der Waals surface area contributed by atoms with Crippen molar-refractivity contribution in [2.24, 2.45) is 0 Å². The molecule has 0 radical (unpaired) electrons. The quantitative estimate of drug-likeness (QED) is 0.683. The molecule has 0 saturated carbocycles. The second-order valence-electron chi connectivity index (χ2n) is 5.34. The average molecular weight is 291 g/mol. The molecule has 1 aromatic heterocycles. The minimum Gasteiger partial charge on any atom is -0.423 e. The van der Waals surface area contributed by atoms with Gasteiger partial charge in [-0.2, -0.15) is 0 Å². The van der Waals surface area contributed by atoms with Gasteiger partial charge in [0.05, 0.1) is 0 Å². The zero-order valence-electron chi connectivity index (χ0n) is 12.6. The highest BCUT2D eigenvalue weighted by atomic mass is 16.4. The smallest absolute Gasteiger partial charge is 0.336 e. The Morgan fingerprint density at radius 1 is 0.955 bits per heavy atom. The fourth-order valence-electron chi connectivity index (χ4n) is 2.34. The first-order valence-electron chi connectivity index (χ1n) is 7.12. The third-order valence-electron chi connectivity index (χ3n) is 3.55. The minimum atomic E-state index is -0.332. The van der Waals surface area contributed by atoms with Crippen molar-refractivity contribution in [3.63, 3.8) is 0 Å². The van der Waals surface area contributed by atoms with Crippen molar-refractivity contribution < 1.29 is 4.42 Å². The number of hydrogen-bond donors (Lipinski definition) is 0. The molecule has 0 amide bonds. The zero-order chi connectivity index (χ0) is 15.5. The van der Waals surface area contributed by atoms with Gasteiger partial charge >= 0.3 is 5.63 Å². The molecule has 0 aliphatic carbocycles. The maximum Gasteiger partial charge on any atom is 0.336 e. The molecule has 22 heavy (non-hydrogen) atoms. The van der Waals surface area contributed by atoms with E-state index in [-0.39, 0.29) is 5.63 Å². The van der Waals surface area contributed by atoms with E-state index in [0.717, 1.165) is 22.2 Å². The maximum absolute atomic E-state index is 11.6. The molecule has 3 heteroatoms. The van der Waals surface area contributed by atoms with Gasteiger partial charge in [-0.3, -0.25) is 0 Å². The van der Waals surface area contributed by atoms with Crippen LogP contribution in [0.25, 0.3) is 23.1 Å². The van der Waals surface area contributed by atoms with Gasteiger partial charge in [0.15, 0.2) is 0 Å². The van der Waals surface area contributed by atoms with Crippen LogP contribution in [0.4, 0.5) is 5.69 Å². The molecule has 1 heterocycles. The highest BCUT2D eigenvalue weighted by Crippen LogP contribution is 2.19. The Hall–Kier alpha value is -2.81. The standard InChI is InChI=1S/C19H17NO2/c1-20(2)16-11-8-14(9-12-16)7-10-15-13-19(21)22-18-6-4-3-5-17(15)18/h3-13H,1-2H3. The molecule has 0 aliphatic rings. The van der Waals surface area contributed by atoms with E-state index < -0.39 is 0 Å².